The maximum Gasteiger partial charge on any atom is 0.358 e. The zero-order chi connectivity index (χ0) is 16.6. The van der Waals surface area contributed by atoms with Crippen molar-refractivity contribution in [1.29, 1.82) is 0 Å². The summed E-state index contributed by atoms with van der Waals surface area (Å²) in [5.41, 5.74) is 0.893. The number of rotatable bonds is 3. The molecule has 3 aromatic rings. The number of hydrogen-bond donors (Lipinski definition) is 2. The zero-order valence-electron chi connectivity index (χ0n) is 11.9. The molecule has 1 aromatic carbocycles. The van der Waals surface area contributed by atoms with Gasteiger partial charge in [-0.05, 0) is 36.8 Å². The third-order valence-corrected chi connectivity index (χ3v) is 3.14. The fraction of sp³-hybridized carbons (Fsp3) is 0.0667. The summed E-state index contributed by atoms with van der Waals surface area (Å²) in [6, 6.07) is 7.24. The maximum absolute atomic E-state index is 13.4. The lowest BCUT2D eigenvalue weighted by atomic mass is 10.2. The van der Waals surface area contributed by atoms with Crippen molar-refractivity contribution in [1.82, 2.24) is 9.38 Å². The molecule has 2 aromatic heterocycles. The summed E-state index contributed by atoms with van der Waals surface area (Å²) in [6.07, 6.45) is 1.07. The Morgan fingerprint density at radius 3 is 2.78 bits per heavy atom. The van der Waals surface area contributed by atoms with Crippen LogP contribution in [0.5, 0.6) is 5.75 Å². The molecule has 0 amide bonds. The number of pyridine rings is 1. The van der Waals surface area contributed by atoms with Crippen molar-refractivity contribution in [2.45, 2.75) is 6.92 Å². The van der Waals surface area contributed by atoms with Crippen molar-refractivity contribution in [3.8, 4) is 5.75 Å². The minimum absolute atomic E-state index is 0.101. The van der Waals surface area contributed by atoms with Crippen molar-refractivity contribution in [3.05, 3.63) is 53.6 Å². The number of azo groups is 1. The lowest BCUT2D eigenvalue weighted by Crippen LogP contribution is -1.96. The number of fused-ring (bicyclic) bond motifs is 1. The van der Waals surface area contributed by atoms with Gasteiger partial charge in [-0.25, -0.2) is 14.2 Å². The molecule has 0 saturated carbocycles. The minimum Gasteiger partial charge on any atom is -0.506 e. The second-order valence-electron chi connectivity index (χ2n) is 4.86. The molecule has 0 aliphatic carbocycles. The Hall–Kier alpha value is -3.29. The molecule has 0 atom stereocenters. The summed E-state index contributed by atoms with van der Waals surface area (Å²) in [5, 5.41) is 26.7. The summed E-state index contributed by atoms with van der Waals surface area (Å²) in [5.74, 6) is -2.11. The van der Waals surface area contributed by atoms with Gasteiger partial charge in [0.05, 0.1) is 0 Å². The third kappa shape index (κ3) is 2.73. The highest BCUT2D eigenvalue weighted by Crippen LogP contribution is 2.30. The maximum atomic E-state index is 13.4. The molecular formula is C15H11FN4O3. The average molecular weight is 314 g/mol. The predicted molar refractivity (Wildman–Crippen MR) is 79.1 cm³/mol. The van der Waals surface area contributed by atoms with E-state index in [4.69, 9.17) is 0 Å². The molecular weight excluding hydrogens is 303 g/mol. The van der Waals surface area contributed by atoms with Crippen LogP contribution in [0.25, 0.3) is 5.65 Å². The van der Waals surface area contributed by atoms with Crippen molar-refractivity contribution < 1.29 is 19.4 Å². The Kier molecular flexibility index (Phi) is 3.49. The van der Waals surface area contributed by atoms with Gasteiger partial charge >= 0.3 is 5.97 Å². The molecule has 0 aliphatic rings. The summed E-state index contributed by atoms with van der Waals surface area (Å²) in [6.45, 7) is 1.81. The van der Waals surface area contributed by atoms with Crippen LogP contribution in [0.3, 0.4) is 0 Å². The van der Waals surface area contributed by atoms with Crippen LogP contribution in [0, 0.1) is 12.7 Å². The lowest BCUT2D eigenvalue weighted by molar-refractivity contribution is 0.0692. The Morgan fingerprint density at radius 2 is 2.04 bits per heavy atom. The molecule has 2 heterocycles. The number of phenolic OH excluding ortho intramolecular Hbond substituents is 1. The number of hydrogen-bond acceptors (Lipinski definition) is 5. The van der Waals surface area contributed by atoms with Crippen molar-refractivity contribution in [2.24, 2.45) is 10.2 Å². The number of carboxylic acids is 1. The summed E-state index contributed by atoms with van der Waals surface area (Å²) in [7, 11) is 0. The number of aromatic carboxylic acids is 1. The smallest absolute Gasteiger partial charge is 0.358 e. The van der Waals surface area contributed by atoms with Gasteiger partial charge in [-0.3, -0.25) is 4.40 Å². The molecule has 23 heavy (non-hydrogen) atoms. The van der Waals surface area contributed by atoms with E-state index in [9.17, 15) is 19.4 Å². The molecule has 0 fully saturated rings. The van der Waals surface area contributed by atoms with Crippen LogP contribution in [0.2, 0.25) is 0 Å². The second kappa shape index (κ2) is 5.48. The van der Waals surface area contributed by atoms with Gasteiger partial charge in [-0.15, -0.1) is 10.2 Å². The number of aromatic nitrogens is 2. The summed E-state index contributed by atoms with van der Waals surface area (Å²) >= 11 is 0. The molecule has 3 rings (SSSR count). The van der Waals surface area contributed by atoms with E-state index in [1.165, 1.54) is 22.6 Å². The van der Waals surface area contributed by atoms with Gasteiger partial charge in [0, 0.05) is 6.20 Å². The number of halogens is 1. The molecule has 0 radical (unpaired) electrons. The van der Waals surface area contributed by atoms with Crippen molar-refractivity contribution >= 4 is 23.1 Å². The predicted octanol–water partition coefficient (Wildman–Crippen LogP) is 3.60. The first-order valence-corrected chi connectivity index (χ1v) is 6.58. The molecule has 0 unspecified atom stereocenters. The third-order valence-electron chi connectivity index (χ3n) is 3.14. The van der Waals surface area contributed by atoms with Gasteiger partial charge < -0.3 is 10.2 Å². The number of carbonyl (C=O) groups is 1. The van der Waals surface area contributed by atoms with Gasteiger partial charge in [0.25, 0.3) is 0 Å². The topological polar surface area (TPSA) is 99.5 Å². The second-order valence-corrected chi connectivity index (χ2v) is 4.86. The van der Waals surface area contributed by atoms with Gasteiger partial charge in [-0.1, -0.05) is 6.07 Å². The number of carboxylic acid groups (broad SMARTS) is 1. The molecule has 0 spiro atoms. The normalized spacial score (nSPS) is 11.4. The quantitative estimate of drug-likeness (QED) is 0.721. The van der Waals surface area contributed by atoms with Crippen LogP contribution in [-0.4, -0.2) is 25.6 Å². The molecule has 116 valence electrons. The number of imidazole rings is 1. The van der Waals surface area contributed by atoms with E-state index in [0.29, 0.717) is 0 Å². The van der Waals surface area contributed by atoms with Crippen LogP contribution in [-0.2, 0) is 0 Å². The van der Waals surface area contributed by atoms with Crippen LogP contribution in [0.1, 0.15) is 16.1 Å². The highest BCUT2D eigenvalue weighted by atomic mass is 19.1. The van der Waals surface area contributed by atoms with E-state index in [2.05, 4.69) is 15.2 Å². The number of phenols is 1. The summed E-state index contributed by atoms with van der Waals surface area (Å²) < 4.78 is 14.6. The average Bonchev–Trinajstić information content (AvgIpc) is 2.86. The number of nitrogens with zero attached hydrogens (tertiary/aromatic N) is 4. The standard InChI is InChI=1S/C15H11FN4O3/c1-8-2-4-11(21)10(6-8)18-19-14-13(15(22)23)17-12-5-3-9(16)7-20(12)14/h2-7,21H,1H3,(H,22,23). The minimum atomic E-state index is -1.31. The van der Waals surface area contributed by atoms with Gasteiger partial charge in [0.15, 0.2) is 11.5 Å². The van der Waals surface area contributed by atoms with Crippen molar-refractivity contribution in [3.63, 3.8) is 0 Å². The lowest BCUT2D eigenvalue weighted by Gasteiger charge is -2.00. The van der Waals surface area contributed by atoms with E-state index >= 15 is 0 Å². The fourth-order valence-corrected chi connectivity index (χ4v) is 2.06. The first-order valence-electron chi connectivity index (χ1n) is 6.58. The summed E-state index contributed by atoms with van der Waals surface area (Å²) in [4.78, 5) is 15.2. The van der Waals surface area contributed by atoms with Gasteiger partial charge in [0.2, 0.25) is 0 Å². The molecule has 2 N–H and O–H groups in total. The van der Waals surface area contributed by atoms with Crippen LogP contribution < -0.4 is 0 Å². The van der Waals surface area contributed by atoms with E-state index in [0.717, 1.165) is 11.8 Å². The SMILES string of the molecule is Cc1ccc(O)c(N=Nc2c(C(=O)O)nc3ccc(F)cn23)c1. The van der Waals surface area contributed by atoms with Crippen LogP contribution in [0.15, 0.2) is 46.8 Å². The monoisotopic (exact) mass is 314 g/mol. The molecule has 0 saturated heterocycles. The molecule has 8 heteroatoms. The first kappa shape index (κ1) is 14.6. The van der Waals surface area contributed by atoms with Crippen LogP contribution >= 0.6 is 0 Å². The van der Waals surface area contributed by atoms with E-state index < -0.39 is 11.8 Å². The van der Waals surface area contributed by atoms with E-state index in [1.807, 2.05) is 6.92 Å². The van der Waals surface area contributed by atoms with E-state index in [-0.39, 0.29) is 28.6 Å². The van der Waals surface area contributed by atoms with Gasteiger partial charge in [0.1, 0.15) is 22.9 Å². The van der Waals surface area contributed by atoms with Crippen LogP contribution in [0.4, 0.5) is 15.9 Å². The number of aromatic hydroxyl groups is 1. The Labute approximate surface area is 129 Å². The molecule has 0 bridgehead atoms. The Balaban J connectivity index is 2.16. The number of aryl methyl sites for hydroxylation is 1. The molecule has 0 aliphatic heterocycles. The Bertz CT molecular complexity index is 949. The first-order chi connectivity index (χ1) is 11.0. The highest BCUT2D eigenvalue weighted by Gasteiger charge is 2.18. The zero-order valence-corrected chi connectivity index (χ0v) is 11.9. The molecule has 7 nitrogen and oxygen atoms in total. The largest absolute Gasteiger partial charge is 0.506 e. The number of benzene rings is 1. The Morgan fingerprint density at radius 1 is 1.26 bits per heavy atom. The van der Waals surface area contributed by atoms with Crippen molar-refractivity contribution in [2.75, 3.05) is 0 Å². The van der Waals surface area contributed by atoms with E-state index in [1.54, 1.807) is 12.1 Å². The fourth-order valence-electron chi connectivity index (χ4n) is 2.06. The van der Waals surface area contributed by atoms with Gasteiger partial charge in [-0.2, -0.15) is 0 Å². The highest BCUT2D eigenvalue weighted by molar-refractivity contribution is 5.91.